The predicted octanol–water partition coefficient (Wildman–Crippen LogP) is 6.06. The maximum atomic E-state index is 13.6. The number of piperidine rings is 1. The first-order chi connectivity index (χ1) is 16.3. The van der Waals surface area contributed by atoms with Crippen LogP contribution in [0.15, 0.2) is 36.4 Å². The third kappa shape index (κ3) is 5.79. The molecule has 4 rings (SSSR count). The molecule has 0 radical (unpaired) electrons. The van der Waals surface area contributed by atoms with Crippen molar-refractivity contribution in [2.45, 2.75) is 75.9 Å². The molecule has 0 spiro atoms. The highest BCUT2D eigenvalue weighted by molar-refractivity contribution is 7.80. The van der Waals surface area contributed by atoms with Crippen molar-refractivity contribution in [3.8, 4) is 0 Å². The van der Waals surface area contributed by atoms with Gasteiger partial charge in [0.25, 0.3) is 0 Å². The number of aromatic nitrogens is 2. The average Bonchev–Trinajstić information content (AvgIpc) is 2.83. The summed E-state index contributed by atoms with van der Waals surface area (Å²) < 4.78 is 40.8. The molecule has 2 aromatic rings. The van der Waals surface area contributed by atoms with Gasteiger partial charge in [0.2, 0.25) is 5.95 Å². The van der Waals surface area contributed by atoms with E-state index in [-0.39, 0.29) is 28.3 Å². The van der Waals surface area contributed by atoms with E-state index in [0.29, 0.717) is 13.1 Å². The van der Waals surface area contributed by atoms with Gasteiger partial charge in [0, 0.05) is 30.6 Å². The van der Waals surface area contributed by atoms with Crippen LogP contribution >= 0.6 is 12.2 Å². The number of hydrogen-bond donors (Lipinski definition) is 2. The molecule has 1 aromatic carbocycles. The zero-order chi connectivity index (χ0) is 24.2. The monoisotopic (exact) mass is 491 g/mol. The van der Waals surface area contributed by atoms with Crippen molar-refractivity contribution in [2.75, 3.05) is 23.3 Å². The highest BCUT2D eigenvalue weighted by Crippen LogP contribution is 2.39. The Morgan fingerprint density at radius 3 is 2.50 bits per heavy atom. The van der Waals surface area contributed by atoms with E-state index in [1.165, 1.54) is 12.0 Å². The molecule has 1 atom stereocenters. The lowest BCUT2D eigenvalue weighted by molar-refractivity contribution is -0.141. The van der Waals surface area contributed by atoms with E-state index in [0.717, 1.165) is 51.0 Å². The minimum atomic E-state index is -4.57. The van der Waals surface area contributed by atoms with Gasteiger partial charge in [-0.25, -0.2) is 4.98 Å². The standard InChI is InChI=1S/C25H32F3N5S/c1-18-10-6-9-15-33(18)21-16-20(25(26,27)28)30-22(31-21)32-23(34)29-17-24(13-7-3-8-14-24)19-11-4-2-5-12-19/h2,4-5,11-12,16,18H,3,6-10,13-15,17H2,1H3,(H2,29,30,31,32,34)/t18-/m1/s1. The van der Waals surface area contributed by atoms with Crippen LogP contribution < -0.4 is 15.5 Å². The lowest BCUT2D eigenvalue weighted by atomic mass is 9.69. The van der Waals surface area contributed by atoms with Gasteiger partial charge in [-0.3, -0.25) is 0 Å². The lowest BCUT2D eigenvalue weighted by Crippen LogP contribution is -2.43. The SMILES string of the molecule is C[C@@H]1CCCCN1c1cc(C(F)(F)F)nc(NC(=S)NCC2(c3ccccc3)CCCCC2)n1. The molecule has 1 saturated heterocycles. The second kappa shape index (κ2) is 10.5. The Balaban J connectivity index is 1.51. The Kier molecular flexibility index (Phi) is 7.60. The van der Waals surface area contributed by atoms with Crippen molar-refractivity contribution in [3.63, 3.8) is 0 Å². The van der Waals surface area contributed by atoms with Crippen molar-refractivity contribution >= 4 is 29.1 Å². The molecule has 1 aromatic heterocycles. The molecule has 0 amide bonds. The molecule has 2 N–H and O–H groups in total. The van der Waals surface area contributed by atoms with Crippen LogP contribution in [-0.4, -0.2) is 34.2 Å². The summed E-state index contributed by atoms with van der Waals surface area (Å²) in [6, 6.07) is 11.5. The number of halogens is 3. The molecule has 1 saturated carbocycles. The molecule has 1 aliphatic heterocycles. The third-order valence-electron chi connectivity index (χ3n) is 7.11. The fourth-order valence-electron chi connectivity index (χ4n) is 5.20. The van der Waals surface area contributed by atoms with E-state index in [1.54, 1.807) is 0 Å². The molecule has 34 heavy (non-hydrogen) atoms. The summed E-state index contributed by atoms with van der Waals surface area (Å²) in [5.41, 5.74) is 0.254. The van der Waals surface area contributed by atoms with Crippen LogP contribution in [0, 0.1) is 0 Å². The van der Waals surface area contributed by atoms with Gasteiger partial charge >= 0.3 is 6.18 Å². The van der Waals surface area contributed by atoms with E-state index < -0.39 is 11.9 Å². The number of alkyl halides is 3. The number of rotatable bonds is 5. The largest absolute Gasteiger partial charge is 0.433 e. The summed E-state index contributed by atoms with van der Waals surface area (Å²) in [6.45, 7) is 3.30. The zero-order valence-corrected chi connectivity index (χ0v) is 20.3. The molecule has 2 aliphatic rings. The fraction of sp³-hybridized carbons (Fsp3) is 0.560. The second-order valence-corrected chi connectivity index (χ2v) is 9.89. The normalized spacial score (nSPS) is 20.6. The molecular formula is C25H32F3N5S. The first-order valence-corrected chi connectivity index (χ1v) is 12.5. The quantitative estimate of drug-likeness (QED) is 0.496. The maximum Gasteiger partial charge on any atom is 0.433 e. The molecule has 1 aliphatic carbocycles. The minimum Gasteiger partial charge on any atom is -0.361 e. The fourth-order valence-corrected chi connectivity index (χ4v) is 5.37. The molecule has 2 fully saturated rings. The third-order valence-corrected chi connectivity index (χ3v) is 7.36. The zero-order valence-electron chi connectivity index (χ0n) is 19.5. The number of anilines is 2. The molecule has 184 valence electrons. The molecule has 5 nitrogen and oxygen atoms in total. The van der Waals surface area contributed by atoms with Gasteiger partial charge < -0.3 is 15.5 Å². The van der Waals surface area contributed by atoms with Gasteiger partial charge in [0.15, 0.2) is 10.8 Å². The number of thiocarbonyl (C=S) groups is 1. The summed E-state index contributed by atoms with van der Waals surface area (Å²) in [6.07, 6.45) is 3.95. The first kappa shape index (κ1) is 24.7. The van der Waals surface area contributed by atoms with Crippen LogP contribution in [-0.2, 0) is 11.6 Å². The van der Waals surface area contributed by atoms with E-state index in [4.69, 9.17) is 12.2 Å². The summed E-state index contributed by atoms with van der Waals surface area (Å²) in [4.78, 5) is 10.1. The molecular weight excluding hydrogens is 459 g/mol. The number of benzene rings is 1. The summed E-state index contributed by atoms with van der Waals surface area (Å²) in [5.74, 6) is 0.158. The van der Waals surface area contributed by atoms with Crippen LogP contribution in [0.2, 0.25) is 0 Å². The number of nitrogens with one attached hydrogen (secondary N) is 2. The molecule has 0 unspecified atom stereocenters. The van der Waals surface area contributed by atoms with E-state index in [2.05, 4.69) is 32.7 Å². The van der Waals surface area contributed by atoms with E-state index >= 15 is 0 Å². The van der Waals surface area contributed by atoms with E-state index in [9.17, 15) is 13.2 Å². The summed E-state index contributed by atoms with van der Waals surface area (Å²) >= 11 is 5.47. The predicted molar refractivity (Wildman–Crippen MR) is 133 cm³/mol. The van der Waals surface area contributed by atoms with Crippen LogP contribution in [0.1, 0.15) is 69.5 Å². The molecule has 9 heteroatoms. The van der Waals surface area contributed by atoms with Gasteiger partial charge in [-0.05, 0) is 56.8 Å². The molecule has 2 heterocycles. The summed E-state index contributed by atoms with van der Waals surface area (Å²) in [7, 11) is 0. The number of hydrogen-bond acceptors (Lipinski definition) is 4. The Hall–Kier alpha value is -2.42. The Labute approximate surface area is 204 Å². The van der Waals surface area contributed by atoms with Crippen LogP contribution in [0.25, 0.3) is 0 Å². The average molecular weight is 492 g/mol. The van der Waals surface area contributed by atoms with Crippen molar-refractivity contribution in [1.29, 1.82) is 0 Å². The number of nitrogens with zero attached hydrogens (tertiary/aromatic N) is 3. The van der Waals surface area contributed by atoms with Crippen LogP contribution in [0.5, 0.6) is 0 Å². The highest BCUT2D eigenvalue weighted by atomic mass is 32.1. The van der Waals surface area contributed by atoms with Crippen molar-refractivity contribution < 1.29 is 13.2 Å². The van der Waals surface area contributed by atoms with Crippen molar-refractivity contribution in [1.82, 2.24) is 15.3 Å². The summed E-state index contributed by atoms with van der Waals surface area (Å²) in [5, 5.41) is 6.31. The van der Waals surface area contributed by atoms with Gasteiger partial charge in [-0.1, -0.05) is 49.6 Å². The maximum absolute atomic E-state index is 13.6. The smallest absolute Gasteiger partial charge is 0.361 e. The van der Waals surface area contributed by atoms with Gasteiger partial charge in [0.05, 0.1) is 0 Å². The van der Waals surface area contributed by atoms with Crippen LogP contribution in [0.3, 0.4) is 0 Å². The Morgan fingerprint density at radius 2 is 1.82 bits per heavy atom. The highest BCUT2D eigenvalue weighted by Gasteiger charge is 2.36. The van der Waals surface area contributed by atoms with Crippen LogP contribution in [0.4, 0.5) is 24.9 Å². The van der Waals surface area contributed by atoms with Crippen molar-refractivity contribution in [3.05, 3.63) is 47.7 Å². The Morgan fingerprint density at radius 1 is 1.09 bits per heavy atom. The van der Waals surface area contributed by atoms with Gasteiger partial charge in [-0.2, -0.15) is 18.2 Å². The molecule has 0 bridgehead atoms. The van der Waals surface area contributed by atoms with Crippen molar-refractivity contribution in [2.24, 2.45) is 0 Å². The lowest BCUT2D eigenvalue weighted by Gasteiger charge is -2.38. The van der Waals surface area contributed by atoms with E-state index in [1.807, 2.05) is 30.0 Å². The van der Waals surface area contributed by atoms with Gasteiger partial charge in [0.1, 0.15) is 5.82 Å². The van der Waals surface area contributed by atoms with Gasteiger partial charge in [-0.15, -0.1) is 0 Å². The Bertz CT molecular complexity index is 976. The minimum absolute atomic E-state index is 0.0473. The first-order valence-electron chi connectivity index (χ1n) is 12.1. The second-order valence-electron chi connectivity index (χ2n) is 9.49. The topological polar surface area (TPSA) is 53.1 Å².